The molecule has 1 saturated heterocycles. The number of rotatable bonds is 4. The van der Waals surface area contributed by atoms with Gasteiger partial charge >= 0.3 is 0 Å². The first-order valence-corrected chi connectivity index (χ1v) is 7.66. The summed E-state index contributed by atoms with van der Waals surface area (Å²) in [5.74, 6) is 0. The Kier molecular flexibility index (Phi) is 3.92. The second-order valence-corrected chi connectivity index (χ2v) is 5.80. The van der Waals surface area contributed by atoms with Crippen molar-refractivity contribution in [3.05, 3.63) is 40.6 Å². The lowest BCUT2D eigenvalue weighted by molar-refractivity contribution is -0.384. The van der Waals surface area contributed by atoms with Gasteiger partial charge in [0.2, 0.25) is 0 Å². The van der Waals surface area contributed by atoms with Gasteiger partial charge in [0.15, 0.2) is 0 Å². The van der Waals surface area contributed by atoms with E-state index in [0.717, 1.165) is 36.8 Å². The summed E-state index contributed by atoms with van der Waals surface area (Å²) < 4.78 is 2.23. The summed E-state index contributed by atoms with van der Waals surface area (Å²) in [4.78, 5) is 13.1. The third-order valence-electron chi connectivity index (χ3n) is 4.41. The Morgan fingerprint density at radius 2 is 2.05 bits per heavy atom. The molecular weight excluding hydrogens is 266 g/mol. The Morgan fingerprint density at radius 1 is 1.29 bits per heavy atom. The zero-order chi connectivity index (χ0) is 14.8. The summed E-state index contributed by atoms with van der Waals surface area (Å²) in [6.45, 7) is 5.62. The van der Waals surface area contributed by atoms with Gasteiger partial charge in [0, 0.05) is 42.8 Å². The van der Waals surface area contributed by atoms with Gasteiger partial charge < -0.3 is 9.47 Å². The molecule has 1 aliphatic heterocycles. The lowest BCUT2D eigenvalue weighted by Crippen LogP contribution is -2.34. The van der Waals surface area contributed by atoms with E-state index in [9.17, 15) is 10.1 Å². The lowest BCUT2D eigenvalue weighted by atomic mass is 10.0. The lowest BCUT2D eigenvalue weighted by Gasteiger charge is -2.32. The van der Waals surface area contributed by atoms with Crippen LogP contribution in [0.4, 0.5) is 5.69 Å². The van der Waals surface area contributed by atoms with Gasteiger partial charge in [-0.3, -0.25) is 10.1 Å². The second-order valence-electron chi connectivity index (χ2n) is 5.80. The van der Waals surface area contributed by atoms with E-state index < -0.39 is 0 Å². The summed E-state index contributed by atoms with van der Waals surface area (Å²) >= 11 is 0. The highest BCUT2D eigenvalue weighted by Gasteiger charge is 2.21. The van der Waals surface area contributed by atoms with E-state index in [2.05, 4.69) is 28.7 Å². The second kappa shape index (κ2) is 5.85. The van der Waals surface area contributed by atoms with E-state index in [4.69, 9.17) is 0 Å². The number of hydrogen-bond acceptors (Lipinski definition) is 3. The number of likely N-dealkylation sites (tertiary alicyclic amines) is 1. The minimum Gasteiger partial charge on any atom is -0.344 e. The van der Waals surface area contributed by atoms with Crippen molar-refractivity contribution in [1.29, 1.82) is 0 Å². The van der Waals surface area contributed by atoms with Crippen molar-refractivity contribution in [2.45, 2.75) is 32.2 Å². The fraction of sp³-hybridized carbons (Fsp3) is 0.500. The average Bonchev–Trinajstić information content (AvgIpc) is 2.91. The van der Waals surface area contributed by atoms with Crippen molar-refractivity contribution in [1.82, 2.24) is 9.47 Å². The van der Waals surface area contributed by atoms with Crippen LogP contribution in [0.25, 0.3) is 10.9 Å². The molecule has 3 rings (SSSR count). The Hall–Kier alpha value is -1.88. The van der Waals surface area contributed by atoms with Crippen LogP contribution in [-0.2, 0) is 0 Å². The van der Waals surface area contributed by atoms with Crippen LogP contribution in [-0.4, -0.2) is 34.0 Å². The van der Waals surface area contributed by atoms with Crippen molar-refractivity contribution in [3.63, 3.8) is 0 Å². The molecule has 21 heavy (non-hydrogen) atoms. The molecule has 0 radical (unpaired) electrons. The number of nitrogens with zero attached hydrogens (tertiary/aromatic N) is 3. The van der Waals surface area contributed by atoms with Crippen LogP contribution in [0.1, 0.15) is 32.2 Å². The Labute approximate surface area is 124 Å². The highest BCUT2D eigenvalue weighted by molar-refractivity contribution is 5.82. The molecule has 0 unspecified atom stereocenters. The minimum absolute atomic E-state index is 0.172. The van der Waals surface area contributed by atoms with Crippen LogP contribution in [0, 0.1) is 10.1 Å². The first kappa shape index (κ1) is 14.1. The number of fused-ring (bicyclic) bond motifs is 1. The molecule has 5 heteroatoms. The minimum atomic E-state index is -0.319. The smallest absolute Gasteiger partial charge is 0.271 e. The quantitative estimate of drug-likeness (QED) is 0.637. The van der Waals surface area contributed by atoms with Gasteiger partial charge in [0.1, 0.15) is 0 Å². The van der Waals surface area contributed by atoms with Crippen molar-refractivity contribution < 1.29 is 4.92 Å². The number of non-ortho nitro benzene ring substituents is 1. The third-order valence-corrected chi connectivity index (χ3v) is 4.41. The maximum absolute atomic E-state index is 11.0. The zero-order valence-electron chi connectivity index (χ0n) is 12.4. The molecule has 0 bridgehead atoms. The van der Waals surface area contributed by atoms with Crippen molar-refractivity contribution in [2.24, 2.45) is 0 Å². The van der Waals surface area contributed by atoms with Crippen LogP contribution < -0.4 is 0 Å². The van der Waals surface area contributed by atoms with Gasteiger partial charge in [0.05, 0.1) is 10.4 Å². The highest BCUT2D eigenvalue weighted by Crippen LogP contribution is 2.29. The molecule has 0 saturated carbocycles. The van der Waals surface area contributed by atoms with E-state index in [1.807, 2.05) is 6.07 Å². The molecule has 0 spiro atoms. The van der Waals surface area contributed by atoms with Gasteiger partial charge in [-0.05, 0) is 37.9 Å². The van der Waals surface area contributed by atoms with Crippen LogP contribution in [0.3, 0.4) is 0 Å². The number of nitro groups is 1. The molecule has 1 aliphatic rings. The van der Waals surface area contributed by atoms with Gasteiger partial charge in [-0.25, -0.2) is 0 Å². The third kappa shape index (κ3) is 2.78. The van der Waals surface area contributed by atoms with Gasteiger partial charge in [0.25, 0.3) is 5.69 Å². The molecule has 112 valence electrons. The van der Waals surface area contributed by atoms with E-state index in [1.54, 1.807) is 12.1 Å². The van der Waals surface area contributed by atoms with E-state index in [-0.39, 0.29) is 10.6 Å². The van der Waals surface area contributed by atoms with Crippen LogP contribution in [0.15, 0.2) is 30.5 Å². The predicted molar refractivity (Wildman–Crippen MR) is 83.6 cm³/mol. The number of nitro benzene ring substituents is 1. The molecule has 5 nitrogen and oxygen atoms in total. The number of hydrogen-bond donors (Lipinski definition) is 0. The maximum Gasteiger partial charge on any atom is 0.271 e. The molecule has 2 heterocycles. The highest BCUT2D eigenvalue weighted by atomic mass is 16.6. The van der Waals surface area contributed by atoms with Crippen LogP contribution in [0.2, 0.25) is 0 Å². The summed E-state index contributed by atoms with van der Waals surface area (Å²) in [5.41, 5.74) is 1.16. The first-order valence-electron chi connectivity index (χ1n) is 7.66. The molecule has 1 aromatic heterocycles. The topological polar surface area (TPSA) is 51.3 Å². The monoisotopic (exact) mass is 287 g/mol. The number of aromatic nitrogens is 1. The van der Waals surface area contributed by atoms with E-state index in [0.29, 0.717) is 6.04 Å². The summed E-state index contributed by atoms with van der Waals surface area (Å²) in [6.07, 6.45) is 5.51. The van der Waals surface area contributed by atoms with Gasteiger partial charge in [-0.2, -0.15) is 0 Å². The SMILES string of the molecule is CCCN1CCC(n2ccc3ccc([N+](=O)[O-])cc32)CC1. The molecule has 0 amide bonds. The molecule has 0 aliphatic carbocycles. The summed E-state index contributed by atoms with van der Waals surface area (Å²) in [7, 11) is 0. The molecule has 1 aromatic carbocycles. The number of benzene rings is 1. The van der Waals surface area contributed by atoms with E-state index >= 15 is 0 Å². The summed E-state index contributed by atoms with van der Waals surface area (Å²) in [5, 5.41) is 12.0. The summed E-state index contributed by atoms with van der Waals surface area (Å²) in [6, 6.07) is 7.63. The van der Waals surface area contributed by atoms with Crippen molar-refractivity contribution in [3.8, 4) is 0 Å². The zero-order valence-corrected chi connectivity index (χ0v) is 12.4. The van der Waals surface area contributed by atoms with Crippen LogP contribution >= 0.6 is 0 Å². The largest absolute Gasteiger partial charge is 0.344 e. The Balaban J connectivity index is 1.84. The fourth-order valence-electron chi connectivity index (χ4n) is 3.31. The molecular formula is C16H21N3O2. The van der Waals surface area contributed by atoms with Gasteiger partial charge in [-0.15, -0.1) is 0 Å². The maximum atomic E-state index is 11.0. The first-order chi connectivity index (χ1) is 10.2. The molecule has 0 N–H and O–H groups in total. The number of piperidine rings is 1. The fourth-order valence-corrected chi connectivity index (χ4v) is 3.31. The normalized spacial score (nSPS) is 17.4. The van der Waals surface area contributed by atoms with E-state index in [1.165, 1.54) is 13.0 Å². The van der Waals surface area contributed by atoms with Crippen molar-refractivity contribution in [2.75, 3.05) is 19.6 Å². The Morgan fingerprint density at radius 3 is 2.71 bits per heavy atom. The standard InChI is InChI=1S/C16H21N3O2/c1-2-8-17-9-6-14(7-10-17)18-11-5-13-3-4-15(19(20)21)12-16(13)18/h3-5,11-12,14H,2,6-10H2,1H3. The van der Waals surface area contributed by atoms with Gasteiger partial charge in [-0.1, -0.05) is 6.92 Å². The predicted octanol–water partition coefficient (Wildman–Crippen LogP) is 3.60. The average molecular weight is 287 g/mol. The molecule has 2 aromatic rings. The molecule has 1 fully saturated rings. The molecule has 0 atom stereocenters. The van der Waals surface area contributed by atoms with Crippen molar-refractivity contribution >= 4 is 16.6 Å². The van der Waals surface area contributed by atoms with Crippen LogP contribution in [0.5, 0.6) is 0 Å². The Bertz CT molecular complexity index is 642.